The second-order valence-corrected chi connectivity index (χ2v) is 4.42. The summed E-state index contributed by atoms with van der Waals surface area (Å²) in [5.74, 6) is -1.03. The number of hydrogen-bond donors (Lipinski definition) is 2. The number of halogens is 1. The minimum Gasteiger partial charge on any atom is -0.398 e. The lowest BCUT2D eigenvalue weighted by Gasteiger charge is -2.08. The number of nitrogens with one attached hydrogen (secondary N) is 1. The number of anilines is 2. The van der Waals surface area contributed by atoms with Crippen molar-refractivity contribution in [1.29, 1.82) is 0 Å². The van der Waals surface area contributed by atoms with Crippen LogP contribution in [0.4, 0.5) is 16.0 Å². The van der Waals surface area contributed by atoms with Crippen molar-refractivity contribution in [3.8, 4) is 0 Å². The zero-order valence-electron chi connectivity index (χ0n) is 11.9. The molecule has 0 spiro atoms. The van der Waals surface area contributed by atoms with Crippen LogP contribution in [-0.4, -0.2) is 21.1 Å². The molecule has 0 radical (unpaired) electrons. The SMILES string of the molecule is CCc1nnc(NC(=O)c2cc(F)ccc2N)nc1CC. The van der Waals surface area contributed by atoms with E-state index in [4.69, 9.17) is 5.73 Å². The Morgan fingerprint density at radius 1 is 1.24 bits per heavy atom. The van der Waals surface area contributed by atoms with Crippen molar-refractivity contribution in [2.24, 2.45) is 0 Å². The van der Waals surface area contributed by atoms with Crippen molar-refractivity contribution in [1.82, 2.24) is 15.2 Å². The second-order valence-electron chi connectivity index (χ2n) is 4.42. The number of nitrogens with two attached hydrogens (primary N) is 1. The number of carbonyl (C=O) groups is 1. The van der Waals surface area contributed by atoms with Gasteiger partial charge in [0.15, 0.2) is 0 Å². The van der Waals surface area contributed by atoms with Gasteiger partial charge in [-0.05, 0) is 31.0 Å². The van der Waals surface area contributed by atoms with Crippen LogP contribution in [0, 0.1) is 5.82 Å². The lowest BCUT2D eigenvalue weighted by molar-refractivity contribution is 0.102. The molecule has 0 aliphatic carbocycles. The molecule has 21 heavy (non-hydrogen) atoms. The van der Waals surface area contributed by atoms with Crippen LogP contribution in [0.3, 0.4) is 0 Å². The highest BCUT2D eigenvalue weighted by Crippen LogP contribution is 2.15. The number of carbonyl (C=O) groups excluding carboxylic acids is 1. The second kappa shape index (κ2) is 6.25. The van der Waals surface area contributed by atoms with E-state index in [-0.39, 0.29) is 17.2 Å². The van der Waals surface area contributed by atoms with Gasteiger partial charge < -0.3 is 5.73 Å². The van der Waals surface area contributed by atoms with E-state index in [1.807, 2.05) is 13.8 Å². The van der Waals surface area contributed by atoms with Gasteiger partial charge in [-0.2, -0.15) is 0 Å². The molecule has 110 valence electrons. The quantitative estimate of drug-likeness (QED) is 0.839. The lowest BCUT2D eigenvalue weighted by atomic mass is 10.1. The molecule has 1 heterocycles. The largest absolute Gasteiger partial charge is 0.398 e. The maximum absolute atomic E-state index is 13.2. The smallest absolute Gasteiger partial charge is 0.260 e. The highest BCUT2D eigenvalue weighted by Gasteiger charge is 2.14. The average molecular weight is 289 g/mol. The number of rotatable bonds is 4. The lowest BCUT2D eigenvalue weighted by Crippen LogP contribution is -2.18. The summed E-state index contributed by atoms with van der Waals surface area (Å²) in [7, 11) is 0. The van der Waals surface area contributed by atoms with Gasteiger partial charge in [0.1, 0.15) is 5.82 Å². The molecule has 0 fully saturated rings. The van der Waals surface area contributed by atoms with Crippen LogP contribution in [0.15, 0.2) is 18.2 Å². The molecule has 7 heteroatoms. The van der Waals surface area contributed by atoms with Crippen molar-refractivity contribution in [2.75, 3.05) is 11.1 Å². The maximum atomic E-state index is 13.2. The first-order valence-corrected chi connectivity index (χ1v) is 6.64. The highest BCUT2D eigenvalue weighted by atomic mass is 19.1. The first-order valence-electron chi connectivity index (χ1n) is 6.64. The van der Waals surface area contributed by atoms with E-state index in [2.05, 4.69) is 20.5 Å². The Morgan fingerprint density at radius 3 is 2.62 bits per heavy atom. The molecule has 0 atom stereocenters. The predicted molar refractivity (Wildman–Crippen MR) is 77.3 cm³/mol. The molecule has 0 unspecified atom stereocenters. The van der Waals surface area contributed by atoms with Gasteiger partial charge in [0, 0.05) is 5.69 Å². The molecule has 6 nitrogen and oxygen atoms in total. The Balaban J connectivity index is 2.25. The molecule has 0 bridgehead atoms. The Hall–Kier alpha value is -2.57. The van der Waals surface area contributed by atoms with Gasteiger partial charge in [-0.25, -0.2) is 9.37 Å². The van der Waals surface area contributed by atoms with E-state index in [1.54, 1.807) is 0 Å². The van der Waals surface area contributed by atoms with Crippen LogP contribution in [0.2, 0.25) is 0 Å². The minimum atomic E-state index is -0.569. The number of nitrogen functional groups attached to an aromatic ring is 1. The molecule has 0 aliphatic rings. The summed E-state index contributed by atoms with van der Waals surface area (Å²) < 4.78 is 13.2. The molecular weight excluding hydrogens is 273 g/mol. The molecular formula is C14H16FN5O. The summed E-state index contributed by atoms with van der Waals surface area (Å²) in [6.07, 6.45) is 1.40. The van der Waals surface area contributed by atoms with Gasteiger partial charge in [-0.3, -0.25) is 10.1 Å². The van der Waals surface area contributed by atoms with E-state index in [0.717, 1.165) is 17.5 Å². The summed E-state index contributed by atoms with van der Waals surface area (Å²) in [6.45, 7) is 3.90. The van der Waals surface area contributed by atoms with Crippen LogP contribution in [0.25, 0.3) is 0 Å². The van der Waals surface area contributed by atoms with E-state index in [0.29, 0.717) is 12.8 Å². The molecule has 3 N–H and O–H groups in total. The average Bonchev–Trinajstić information content (AvgIpc) is 2.49. The fourth-order valence-electron chi connectivity index (χ4n) is 1.89. The summed E-state index contributed by atoms with van der Waals surface area (Å²) in [4.78, 5) is 16.3. The molecule has 0 aliphatic heterocycles. The first-order chi connectivity index (χ1) is 10.0. The third-order valence-electron chi connectivity index (χ3n) is 2.99. The predicted octanol–water partition coefficient (Wildman–Crippen LogP) is 1.97. The van der Waals surface area contributed by atoms with Crippen LogP contribution >= 0.6 is 0 Å². The normalized spacial score (nSPS) is 10.4. The highest BCUT2D eigenvalue weighted by molar-refractivity contribution is 6.06. The fraction of sp³-hybridized carbons (Fsp3) is 0.286. The van der Waals surface area contributed by atoms with Gasteiger partial charge >= 0.3 is 0 Å². The third kappa shape index (κ3) is 3.31. The van der Waals surface area contributed by atoms with Crippen LogP contribution in [0.5, 0.6) is 0 Å². The summed E-state index contributed by atoms with van der Waals surface area (Å²) in [6, 6.07) is 3.59. The first kappa shape index (κ1) is 14.8. The Morgan fingerprint density at radius 2 is 1.95 bits per heavy atom. The van der Waals surface area contributed by atoms with E-state index in [9.17, 15) is 9.18 Å². The Kier molecular flexibility index (Phi) is 4.42. The Labute approximate surface area is 121 Å². The number of aromatic nitrogens is 3. The summed E-state index contributed by atoms with van der Waals surface area (Å²) in [5, 5.41) is 10.4. The molecule has 0 saturated carbocycles. The van der Waals surface area contributed by atoms with Gasteiger partial charge in [0.25, 0.3) is 5.91 Å². The molecule has 1 amide bonds. The fourth-order valence-corrected chi connectivity index (χ4v) is 1.89. The van der Waals surface area contributed by atoms with Crippen molar-refractivity contribution in [2.45, 2.75) is 26.7 Å². The third-order valence-corrected chi connectivity index (χ3v) is 2.99. The van der Waals surface area contributed by atoms with Crippen molar-refractivity contribution < 1.29 is 9.18 Å². The maximum Gasteiger partial charge on any atom is 0.260 e. The monoisotopic (exact) mass is 289 g/mol. The van der Waals surface area contributed by atoms with Gasteiger partial charge in [-0.15, -0.1) is 10.2 Å². The van der Waals surface area contributed by atoms with Crippen molar-refractivity contribution >= 4 is 17.5 Å². The molecule has 1 aromatic carbocycles. The van der Waals surface area contributed by atoms with Gasteiger partial charge in [0.05, 0.1) is 17.0 Å². The van der Waals surface area contributed by atoms with E-state index < -0.39 is 11.7 Å². The van der Waals surface area contributed by atoms with Gasteiger partial charge in [0.2, 0.25) is 5.95 Å². The van der Waals surface area contributed by atoms with Crippen molar-refractivity contribution in [3.63, 3.8) is 0 Å². The molecule has 1 aromatic heterocycles. The number of benzene rings is 1. The number of aryl methyl sites for hydroxylation is 2. The summed E-state index contributed by atoms with van der Waals surface area (Å²) >= 11 is 0. The molecule has 0 saturated heterocycles. The number of hydrogen-bond acceptors (Lipinski definition) is 5. The van der Waals surface area contributed by atoms with Crippen LogP contribution < -0.4 is 11.1 Å². The van der Waals surface area contributed by atoms with Gasteiger partial charge in [-0.1, -0.05) is 13.8 Å². The zero-order valence-corrected chi connectivity index (χ0v) is 11.9. The molecule has 2 rings (SSSR count). The van der Waals surface area contributed by atoms with Crippen molar-refractivity contribution in [3.05, 3.63) is 41.0 Å². The topological polar surface area (TPSA) is 93.8 Å². The van der Waals surface area contributed by atoms with E-state index in [1.165, 1.54) is 12.1 Å². The zero-order chi connectivity index (χ0) is 15.4. The van der Waals surface area contributed by atoms with Crippen LogP contribution in [0.1, 0.15) is 35.6 Å². The summed E-state index contributed by atoms with van der Waals surface area (Å²) in [5.41, 5.74) is 7.45. The Bertz CT molecular complexity index is 674. The van der Waals surface area contributed by atoms with Crippen LogP contribution in [-0.2, 0) is 12.8 Å². The number of amides is 1. The van der Waals surface area contributed by atoms with E-state index >= 15 is 0 Å². The minimum absolute atomic E-state index is 0.0382. The molecule has 2 aromatic rings. The standard InChI is InChI=1S/C14H16FN5O/c1-3-11-12(4-2)19-20-14(17-11)18-13(21)9-7-8(15)5-6-10(9)16/h5-7H,3-4,16H2,1-2H3,(H,17,18,20,21). The number of nitrogens with zero attached hydrogens (tertiary/aromatic N) is 3.